The van der Waals surface area contributed by atoms with Gasteiger partial charge in [-0.15, -0.1) is 0 Å². The highest BCUT2D eigenvalue weighted by molar-refractivity contribution is 8.02. The highest BCUT2D eigenvalue weighted by Gasteiger charge is 2.21. The van der Waals surface area contributed by atoms with E-state index in [1.165, 1.54) is 0 Å². The van der Waals surface area contributed by atoms with E-state index in [0.717, 1.165) is 11.5 Å². The predicted octanol–water partition coefficient (Wildman–Crippen LogP) is 0.916. The maximum Gasteiger partial charge on any atom is 0.347 e. The van der Waals surface area contributed by atoms with Crippen LogP contribution in [0.2, 0.25) is 0 Å². The van der Waals surface area contributed by atoms with Crippen LogP contribution in [0.3, 0.4) is 0 Å². The number of amides is 2. The summed E-state index contributed by atoms with van der Waals surface area (Å²) in [5, 5.41) is 13.5. The van der Waals surface area contributed by atoms with Gasteiger partial charge in [0.15, 0.2) is 0 Å². The number of carboxylic acid groups (broad SMARTS) is 1. The molecule has 0 aromatic heterocycles. The molecular formula is C12H22N2O4S2. The molecule has 0 aromatic carbocycles. The number of rotatable bonds is 11. The molecule has 0 saturated carbocycles. The number of nitrogens with one attached hydrogen (secondary N) is 2. The van der Waals surface area contributed by atoms with E-state index in [-0.39, 0.29) is 24.7 Å². The molecule has 20 heavy (non-hydrogen) atoms. The second-order valence-electron chi connectivity index (χ2n) is 4.01. The molecule has 0 spiro atoms. The molecule has 0 bridgehead atoms. The van der Waals surface area contributed by atoms with Crippen molar-refractivity contribution in [3.63, 3.8) is 0 Å². The van der Waals surface area contributed by atoms with Crippen LogP contribution < -0.4 is 10.6 Å². The van der Waals surface area contributed by atoms with Gasteiger partial charge in [-0.3, -0.25) is 9.59 Å². The fourth-order valence-corrected chi connectivity index (χ4v) is 2.93. The molecule has 0 radical (unpaired) electrons. The van der Waals surface area contributed by atoms with Crippen LogP contribution in [0.5, 0.6) is 0 Å². The number of hydrogen-bond donors (Lipinski definition) is 3. The standard InChI is InChI=1S/C12H22N2O4S2/c1-3-4-9(15)13-11(12(17)18)14-10(16)5-6-20-8-7-19-2/h11H,3-8H2,1-2H3,(H,13,15)(H,14,16)(H,17,18). The zero-order valence-corrected chi connectivity index (χ0v) is 13.4. The average molecular weight is 322 g/mol. The lowest BCUT2D eigenvalue weighted by Crippen LogP contribution is -2.52. The largest absolute Gasteiger partial charge is 0.478 e. The molecule has 0 rings (SSSR count). The van der Waals surface area contributed by atoms with E-state index in [1.54, 1.807) is 23.5 Å². The molecule has 1 atom stereocenters. The van der Waals surface area contributed by atoms with Crippen molar-refractivity contribution < 1.29 is 19.5 Å². The zero-order valence-electron chi connectivity index (χ0n) is 11.8. The second kappa shape index (κ2) is 11.9. The van der Waals surface area contributed by atoms with Gasteiger partial charge in [-0.05, 0) is 12.7 Å². The molecule has 0 saturated heterocycles. The third kappa shape index (κ3) is 9.96. The molecule has 2 amide bonds. The number of carbonyl (C=O) groups excluding carboxylic acids is 2. The first-order valence-corrected chi connectivity index (χ1v) is 8.94. The van der Waals surface area contributed by atoms with Gasteiger partial charge < -0.3 is 15.7 Å². The monoisotopic (exact) mass is 322 g/mol. The van der Waals surface area contributed by atoms with Crippen molar-refractivity contribution in [2.24, 2.45) is 0 Å². The van der Waals surface area contributed by atoms with E-state index < -0.39 is 12.1 Å². The minimum atomic E-state index is -1.35. The van der Waals surface area contributed by atoms with Gasteiger partial charge in [0.2, 0.25) is 18.0 Å². The van der Waals surface area contributed by atoms with Crippen LogP contribution in [-0.4, -0.2) is 52.6 Å². The van der Waals surface area contributed by atoms with E-state index in [2.05, 4.69) is 10.6 Å². The lowest BCUT2D eigenvalue weighted by Gasteiger charge is -2.16. The number of aliphatic carboxylic acids is 1. The van der Waals surface area contributed by atoms with Gasteiger partial charge in [0.05, 0.1) is 0 Å². The average Bonchev–Trinajstić information content (AvgIpc) is 2.38. The summed E-state index contributed by atoms with van der Waals surface area (Å²) in [7, 11) is 0. The van der Waals surface area contributed by atoms with Crippen molar-refractivity contribution >= 4 is 41.3 Å². The van der Waals surface area contributed by atoms with Crippen molar-refractivity contribution in [1.82, 2.24) is 10.6 Å². The quantitative estimate of drug-likeness (QED) is 0.387. The van der Waals surface area contributed by atoms with Crippen LogP contribution in [0.25, 0.3) is 0 Å². The third-order valence-corrected chi connectivity index (χ3v) is 4.10. The van der Waals surface area contributed by atoms with Crippen molar-refractivity contribution in [3.8, 4) is 0 Å². The van der Waals surface area contributed by atoms with Crippen molar-refractivity contribution in [3.05, 3.63) is 0 Å². The Hall–Kier alpha value is -0.890. The number of carboxylic acids is 1. The zero-order chi connectivity index (χ0) is 15.4. The van der Waals surface area contributed by atoms with Gasteiger partial charge in [0.25, 0.3) is 0 Å². The Morgan fingerprint density at radius 2 is 1.65 bits per heavy atom. The van der Waals surface area contributed by atoms with Gasteiger partial charge in [0.1, 0.15) is 0 Å². The molecule has 0 fully saturated rings. The molecule has 0 aliphatic heterocycles. The van der Waals surface area contributed by atoms with E-state index in [0.29, 0.717) is 12.2 Å². The molecule has 0 aliphatic carbocycles. The summed E-state index contributed by atoms with van der Waals surface area (Å²) < 4.78 is 0. The van der Waals surface area contributed by atoms with Gasteiger partial charge in [-0.2, -0.15) is 23.5 Å². The van der Waals surface area contributed by atoms with Crippen LogP contribution >= 0.6 is 23.5 Å². The first-order valence-electron chi connectivity index (χ1n) is 6.39. The topological polar surface area (TPSA) is 95.5 Å². The Bertz CT molecular complexity index is 327. The van der Waals surface area contributed by atoms with Gasteiger partial charge in [-0.25, -0.2) is 4.79 Å². The lowest BCUT2D eigenvalue weighted by atomic mass is 10.3. The molecule has 0 aromatic rings. The molecule has 1 unspecified atom stereocenters. The lowest BCUT2D eigenvalue weighted by molar-refractivity contribution is -0.144. The first-order chi connectivity index (χ1) is 9.51. The molecule has 0 heterocycles. The van der Waals surface area contributed by atoms with Crippen molar-refractivity contribution in [2.75, 3.05) is 23.5 Å². The van der Waals surface area contributed by atoms with Crippen molar-refractivity contribution in [2.45, 2.75) is 32.4 Å². The Balaban J connectivity index is 4.02. The summed E-state index contributed by atoms with van der Waals surface area (Å²) in [5.74, 6) is 0.612. The van der Waals surface area contributed by atoms with E-state index in [9.17, 15) is 14.4 Å². The molecule has 6 nitrogen and oxygen atoms in total. The normalized spacial score (nSPS) is 11.7. The van der Waals surface area contributed by atoms with Gasteiger partial charge >= 0.3 is 5.97 Å². The summed E-state index contributed by atoms with van der Waals surface area (Å²) in [6.45, 7) is 1.82. The van der Waals surface area contributed by atoms with Crippen LogP contribution in [-0.2, 0) is 14.4 Å². The fraction of sp³-hybridized carbons (Fsp3) is 0.750. The Labute approximate surface area is 127 Å². The van der Waals surface area contributed by atoms with Crippen LogP contribution in [0.4, 0.5) is 0 Å². The summed E-state index contributed by atoms with van der Waals surface area (Å²) in [6.07, 6.45) is 1.77. The van der Waals surface area contributed by atoms with Gasteiger partial charge in [0, 0.05) is 30.1 Å². The summed E-state index contributed by atoms with van der Waals surface area (Å²) >= 11 is 3.39. The Morgan fingerprint density at radius 1 is 1.05 bits per heavy atom. The van der Waals surface area contributed by atoms with Gasteiger partial charge in [-0.1, -0.05) is 6.92 Å². The SMILES string of the molecule is CCCC(=O)NC(NC(=O)CCSCCSC)C(=O)O. The minimum absolute atomic E-state index is 0.240. The maximum absolute atomic E-state index is 11.6. The molecule has 3 N–H and O–H groups in total. The second-order valence-corrected chi connectivity index (χ2v) is 6.22. The molecule has 116 valence electrons. The summed E-state index contributed by atoms with van der Waals surface area (Å²) in [6, 6.07) is 0. The van der Waals surface area contributed by atoms with Crippen molar-refractivity contribution in [1.29, 1.82) is 0 Å². The van der Waals surface area contributed by atoms with Crippen LogP contribution in [0, 0.1) is 0 Å². The van der Waals surface area contributed by atoms with Crippen LogP contribution in [0.1, 0.15) is 26.2 Å². The molecule has 0 aliphatic rings. The Kier molecular flexibility index (Phi) is 11.4. The first kappa shape index (κ1) is 19.1. The Morgan fingerprint density at radius 3 is 2.15 bits per heavy atom. The van der Waals surface area contributed by atoms with E-state index >= 15 is 0 Å². The summed E-state index contributed by atoms with van der Waals surface area (Å²) in [4.78, 5) is 33.9. The number of hydrogen-bond acceptors (Lipinski definition) is 5. The molecule has 8 heteroatoms. The highest BCUT2D eigenvalue weighted by Crippen LogP contribution is 2.05. The van der Waals surface area contributed by atoms with E-state index in [4.69, 9.17) is 5.11 Å². The smallest absolute Gasteiger partial charge is 0.347 e. The number of thioether (sulfide) groups is 2. The maximum atomic E-state index is 11.6. The number of carbonyl (C=O) groups is 3. The molecular weight excluding hydrogens is 300 g/mol. The minimum Gasteiger partial charge on any atom is -0.478 e. The van der Waals surface area contributed by atoms with Crippen LogP contribution in [0.15, 0.2) is 0 Å². The fourth-order valence-electron chi connectivity index (χ4n) is 1.26. The predicted molar refractivity (Wildman–Crippen MR) is 82.9 cm³/mol. The summed E-state index contributed by atoms with van der Waals surface area (Å²) in [5.41, 5.74) is 0. The van der Waals surface area contributed by atoms with E-state index in [1.807, 2.05) is 13.2 Å². The highest BCUT2D eigenvalue weighted by atomic mass is 32.2. The third-order valence-electron chi connectivity index (χ3n) is 2.24.